The largest absolute Gasteiger partial charge is 0.495 e. The first-order valence-corrected chi connectivity index (χ1v) is 11.2. The second kappa shape index (κ2) is 9.26. The Balaban J connectivity index is 1.55. The van der Waals surface area contributed by atoms with Crippen LogP contribution in [-0.4, -0.2) is 53.5 Å². The van der Waals surface area contributed by atoms with Gasteiger partial charge in [0.2, 0.25) is 5.95 Å². The van der Waals surface area contributed by atoms with Crippen LogP contribution in [0.4, 0.5) is 33.2 Å². The molecule has 1 atom stereocenters. The van der Waals surface area contributed by atoms with Crippen molar-refractivity contribution in [1.29, 1.82) is 0 Å². The first kappa shape index (κ1) is 23.8. The second-order valence-electron chi connectivity index (χ2n) is 8.37. The van der Waals surface area contributed by atoms with Crippen LogP contribution in [0.2, 0.25) is 0 Å². The maximum atomic E-state index is 14.6. The van der Waals surface area contributed by atoms with Gasteiger partial charge in [-0.15, -0.1) is 0 Å². The molecule has 0 fully saturated rings. The summed E-state index contributed by atoms with van der Waals surface area (Å²) in [5.74, 6) is -1.94. The number of rotatable bonds is 1. The summed E-state index contributed by atoms with van der Waals surface area (Å²) in [7, 11) is 1.47. The fraction of sp³-hybridized carbons (Fsp3) is 0.208. The van der Waals surface area contributed by atoms with E-state index in [9.17, 15) is 18.8 Å². The van der Waals surface area contributed by atoms with Gasteiger partial charge < -0.3 is 36.1 Å². The summed E-state index contributed by atoms with van der Waals surface area (Å²) < 4.78 is 25.7. The molecule has 0 radical (unpaired) electrons. The highest BCUT2D eigenvalue weighted by atomic mass is 19.1. The smallest absolute Gasteiger partial charge is 0.278 e. The van der Waals surface area contributed by atoms with Crippen molar-refractivity contribution >= 4 is 46.5 Å². The number of methoxy groups -OCH3 is 1. The number of amides is 3. The number of hydrogen-bond acceptors (Lipinski definition) is 9. The lowest BCUT2D eigenvalue weighted by molar-refractivity contribution is -0.146. The van der Waals surface area contributed by atoms with Gasteiger partial charge in [-0.1, -0.05) is 0 Å². The molecule has 2 aromatic carbocycles. The molecule has 12 nitrogen and oxygen atoms in total. The Morgan fingerprint density at radius 3 is 2.59 bits per heavy atom. The van der Waals surface area contributed by atoms with Crippen molar-refractivity contribution in [3.05, 3.63) is 54.0 Å². The zero-order valence-electron chi connectivity index (χ0n) is 19.8. The highest BCUT2D eigenvalue weighted by Crippen LogP contribution is 2.37. The second-order valence-corrected chi connectivity index (χ2v) is 8.37. The number of carbonyl (C=O) groups excluding carboxylic acids is 3. The lowest BCUT2D eigenvalue weighted by atomic mass is 10.0. The van der Waals surface area contributed by atoms with E-state index in [1.54, 1.807) is 18.2 Å². The van der Waals surface area contributed by atoms with Crippen molar-refractivity contribution in [3.8, 4) is 11.5 Å². The summed E-state index contributed by atoms with van der Waals surface area (Å²) in [6, 6.07) is 9.33. The third kappa shape index (κ3) is 4.53. The van der Waals surface area contributed by atoms with Crippen LogP contribution >= 0.6 is 0 Å². The van der Waals surface area contributed by atoms with E-state index in [0.717, 1.165) is 6.20 Å². The van der Waals surface area contributed by atoms with Gasteiger partial charge in [0.05, 0.1) is 24.7 Å². The van der Waals surface area contributed by atoms with Crippen LogP contribution < -0.4 is 36.1 Å². The van der Waals surface area contributed by atoms with Crippen LogP contribution in [-0.2, 0) is 9.59 Å². The van der Waals surface area contributed by atoms with E-state index < -0.39 is 29.1 Å². The molecule has 0 saturated heterocycles. The van der Waals surface area contributed by atoms with E-state index in [1.807, 2.05) is 0 Å². The number of nitrogens with one attached hydrogen (secondary N) is 5. The zero-order valence-corrected chi connectivity index (χ0v) is 19.8. The Kier molecular flexibility index (Phi) is 5.95. The van der Waals surface area contributed by atoms with Gasteiger partial charge in [0.25, 0.3) is 23.3 Å². The van der Waals surface area contributed by atoms with Crippen LogP contribution in [0.1, 0.15) is 17.3 Å². The molecule has 7 rings (SSSR count). The molecule has 37 heavy (non-hydrogen) atoms. The maximum Gasteiger partial charge on any atom is 0.278 e. The first-order valence-electron chi connectivity index (χ1n) is 11.2. The maximum absolute atomic E-state index is 14.6. The van der Waals surface area contributed by atoms with E-state index in [0.29, 0.717) is 22.7 Å². The number of ether oxygens (including phenoxy) is 2. The number of nitrogens with zero attached hydrogens (tertiary/aromatic N) is 2. The number of hydrogen-bond donors (Lipinski definition) is 5. The van der Waals surface area contributed by atoms with E-state index in [2.05, 4.69) is 36.6 Å². The van der Waals surface area contributed by atoms with Crippen LogP contribution in [0.3, 0.4) is 0 Å². The lowest BCUT2D eigenvalue weighted by Gasteiger charge is -2.33. The van der Waals surface area contributed by atoms with Gasteiger partial charge in [-0.3, -0.25) is 14.4 Å². The van der Waals surface area contributed by atoms with Crippen LogP contribution in [0.25, 0.3) is 0 Å². The number of anilines is 5. The molecular weight excluding hydrogens is 485 g/mol. The standard InChI is InChI=1S/C24H22FN7O5/c1-24-21(34)27-8-7-26-20(33)12-3-5-17(36-2)15(9-12)31-23-28-11-14(25)19(32-23)29-13-4-6-18(37-24)16(10-13)30-22(24)35/h3-6,9-11H,7-8H2,1-2H3,(H,26,33)(H,27,34)(H,30,35)(H2,28,29,31,32). The Morgan fingerprint density at radius 1 is 0.973 bits per heavy atom. The molecule has 8 bridgehead atoms. The topological polar surface area (TPSA) is 156 Å². The average Bonchev–Trinajstić information content (AvgIpc) is 2.88. The normalized spacial score (nSPS) is 18.9. The summed E-state index contributed by atoms with van der Waals surface area (Å²) >= 11 is 0. The van der Waals surface area contributed by atoms with Crippen LogP contribution in [0.15, 0.2) is 42.6 Å². The van der Waals surface area contributed by atoms with Gasteiger partial charge in [0.1, 0.15) is 11.5 Å². The number of halogens is 1. The number of fused-ring (bicyclic) bond motifs is 2. The van der Waals surface area contributed by atoms with E-state index >= 15 is 0 Å². The number of benzene rings is 2. The molecule has 1 aromatic heterocycles. The first-order chi connectivity index (χ1) is 17.8. The van der Waals surface area contributed by atoms with Gasteiger partial charge in [-0.2, -0.15) is 4.98 Å². The molecule has 0 spiro atoms. The Morgan fingerprint density at radius 2 is 1.78 bits per heavy atom. The molecule has 5 N–H and O–H groups in total. The van der Waals surface area contributed by atoms with Crippen molar-refractivity contribution in [1.82, 2.24) is 20.6 Å². The molecule has 3 amide bonds. The third-order valence-corrected chi connectivity index (χ3v) is 5.82. The summed E-state index contributed by atoms with van der Waals surface area (Å²) in [6.07, 6.45) is 0.986. The molecule has 0 aliphatic carbocycles. The summed E-state index contributed by atoms with van der Waals surface area (Å²) in [5, 5.41) is 13.7. The molecule has 190 valence electrons. The molecule has 4 aliphatic heterocycles. The molecule has 0 saturated carbocycles. The van der Waals surface area contributed by atoms with E-state index in [1.165, 1.54) is 32.2 Å². The fourth-order valence-electron chi connectivity index (χ4n) is 3.79. The van der Waals surface area contributed by atoms with Crippen LogP contribution in [0, 0.1) is 5.82 Å². The summed E-state index contributed by atoms with van der Waals surface area (Å²) in [6.45, 7) is 1.49. The monoisotopic (exact) mass is 507 g/mol. The fourth-order valence-corrected chi connectivity index (χ4v) is 3.79. The minimum Gasteiger partial charge on any atom is -0.495 e. The molecule has 4 aliphatic rings. The zero-order chi connectivity index (χ0) is 26.2. The van der Waals surface area contributed by atoms with Crippen molar-refractivity contribution in [2.45, 2.75) is 12.5 Å². The van der Waals surface area contributed by atoms with Crippen molar-refractivity contribution in [3.63, 3.8) is 0 Å². The molecular formula is C24H22FN7O5. The van der Waals surface area contributed by atoms with Gasteiger partial charge >= 0.3 is 0 Å². The number of carbonyl (C=O) groups is 3. The summed E-state index contributed by atoms with van der Waals surface area (Å²) in [4.78, 5) is 46.5. The Bertz CT molecular complexity index is 1430. The molecule has 3 aromatic rings. The quantitative estimate of drug-likeness (QED) is 0.311. The van der Waals surface area contributed by atoms with Gasteiger partial charge in [0.15, 0.2) is 11.6 Å². The number of aromatic nitrogens is 2. The molecule has 1 unspecified atom stereocenters. The minimum absolute atomic E-state index is 0.0437. The van der Waals surface area contributed by atoms with Crippen molar-refractivity contribution in [2.24, 2.45) is 0 Å². The summed E-state index contributed by atoms with van der Waals surface area (Å²) in [5.41, 5.74) is -0.483. The van der Waals surface area contributed by atoms with Gasteiger partial charge in [0, 0.05) is 24.3 Å². The van der Waals surface area contributed by atoms with Gasteiger partial charge in [-0.25, -0.2) is 9.37 Å². The van der Waals surface area contributed by atoms with Gasteiger partial charge in [-0.05, 0) is 43.3 Å². The van der Waals surface area contributed by atoms with Crippen molar-refractivity contribution in [2.75, 3.05) is 36.1 Å². The predicted octanol–water partition coefficient (Wildman–Crippen LogP) is 2.06. The minimum atomic E-state index is -1.84. The molecule has 5 heterocycles. The third-order valence-electron chi connectivity index (χ3n) is 5.82. The SMILES string of the molecule is COc1ccc2cc1Nc1ncc(F)c(n1)Nc1ccc3c(c1)NC(=O)C(C)(O3)C(=O)NCCNC2=O. The highest BCUT2D eigenvalue weighted by molar-refractivity contribution is 6.15. The highest BCUT2D eigenvalue weighted by Gasteiger charge is 2.47. The van der Waals surface area contributed by atoms with Crippen molar-refractivity contribution < 1.29 is 28.2 Å². The Labute approximate surface area is 210 Å². The van der Waals surface area contributed by atoms with E-state index in [4.69, 9.17) is 9.47 Å². The predicted molar refractivity (Wildman–Crippen MR) is 131 cm³/mol. The van der Waals surface area contributed by atoms with Crippen LogP contribution in [0.5, 0.6) is 11.5 Å². The van der Waals surface area contributed by atoms with E-state index in [-0.39, 0.29) is 36.3 Å². The molecule has 13 heteroatoms. The lowest BCUT2D eigenvalue weighted by Crippen LogP contribution is -2.59. The Hall–Kier alpha value is -4.94. The average molecular weight is 507 g/mol.